The summed E-state index contributed by atoms with van der Waals surface area (Å²) in [5.74, 6) is 2.18. The number of nitrogens with zero attached hydrogens (tertiary/aromatic N) is 4. The quantitative estimate of drug-likeness (QED) is 0.200. The van der Waals surface area contributed by atoms with Gasteiger partial charge in [-0.15, -0.1) is 10.2 Å². The molecule has 9 heteroatoms. The predicted molar refractivity (Wildman–Crippen MR) is 157 cm³/mol. The molecule has 0 atom stereocenters. The fraction of sp³-hybridized carbons (Fsp3) is 0.333. The first-order valence-corrected chi connectivity index (χ1v) is 13.4. The SMILES string of the molecule is CCOc1ccc(NC(=O)Nc2cc(-c3ccccc3-c3nn[nH]n3)ccc2N(CC(C)C)CC(C)C)cc1. The van der Waals surface area contributed by atoms with Crippen LogP contribution in [0.4, 0.5) is 21.9 Å². The number of aromatic nitrogens is 4. The first kappa shape index (κ1) is 27.6. The monoisotopic (exact) mass is 527 g/mol. The van der Waals surface area contributed by atoms with Gasteiger partial charge in [-0.25, -0.2) is 4.79 Å². The predicted octanol–water partition coefficient (Wildman–Crippen LogP) is 6.69. The van der Waals surface area contributed by atoms with Crippen molar-refractivity contribution >= 4 is 23.1 Å². The summed E-state index contributed by atoms with van der Waals surface area (Å²) in [6.45, 7) is 13.1. The minimum Gasteiger partial charge on any atom is -0.494 e. The van der Waals surface area contributed by atoms with Crippen LogP contribution in [0.25, 0.3) is 22.5 Å². The van der Waals surface area contributed by atoms with Gasteiger partial charge >= 0.3 is 6.03 Å². The summed E-state index contributed by atoms with van der Waals surface area (Å²) in [6.07, 6.45) is 0. The number of rotatable bonds is 11. The third kappa shape index (κ3) is 7.34. The van der Waals surface area contributed by atoms with Crippen LogP contribution in [0.1, 0.15) is 34.6 Å². The van der Waals surface area contributed by atoms with Gasteiger partial charge in [0, 0.05) is 24.3 Å². The van der Waals surface area contributed by atoms with E-state index in [2.05, 4.69) is 76.0 Å². The van der Waals surface area contributed by atoms with Gasteiger partial charge in [0.15, 0.2) is 0 Å². The van der Waals surface area contributed by atoms with Crippen molar-refractivity contribution in [2.75, 3.05) is 35.2 Å². The van der Waals surface area contributed by atoms with Crippen LogP contribution in [0.15, 0.2) is 66.7 Å². The molecule has 0 aliphatic carbocycles. The molecule has 9 nitrogen and oxygen atoms in total. The lowest BCUT2D eigenvalue weighted by molar-refractivity contribution is 0.262. The minimum absolute atomic E-state index is 0.321. The zero-order chi connectivity index (χ0) is 27.8. The molecule has 0 saturated carbocycles. The van der Waals surface area contributed by atoms with Crippen LogP contribution in [-0.2, 0) is 0 Å². The highest BCUT2D eigenvalue weighted by molar-refractivity contribution is 6.02. The lowest BCUT2D eigenvalue weighted by Gasteiger charge is -2.31. The maximum absolute atomic E-state index is 13.2. The van der Waals surface area contributed by atoms with Crippen molar-refractivity contribution in [3.63, 3.8) is 0 Å². The number of hydrogen-bond acceptors (Lipinski definition) is 6. The van der Waals surface area contributed by atoms with E-state index < -0.39 is 0 Å². The number of urea groups is 1. The third-order valence-electron chi connectivity index (χ3n) is 6.00. The maximum Gasteiger partial charge on any atom is 0.323 e. The minimum atomic E-state index is -0.321. The molecule has 0 bridgehead atoms. The van der Waals surface area contributed by atoms with Crippen LogP contribution in [0.3, 0.4) is 0 Å². The molecule has 0 unspecified atom stereocenters. The second-order valence-electron chi connectivity index (χ2n) is 10.2. The van der Waals surface area contributed by atoms with Crippen LogP contribution in [0.5, 0.6) is 5.75 Å². The summed E-state index contributed by atoms with van der Waals surface area (Å²) in [5.41, 5.74) is 5.10. The van der Waals surface area contributed by atoms with E-state index in [0.717, 1.165) is 46.9 Å². The fourth-order valence-electron chi connectivity index (χ4n) is 4.52. The third-order valence-corrected chi connectivity index (χ3v) is 6.00. The highest BCUT2D eigenvalue weighted by Gasteiger charge is 2.19. The van der Waals surface area contributed by atoms with Crippen LogP contribution >= 0.6 is 0 Å². The van der Waals surface area contributed by atoms with E-state index in [1.165, 1.54) is 0 Å². The van der Waals surface area contributed by atoms with Crippen molar-refractivity contribution in [1.29, 1.82) is 0 Å². The van der Waals surface area contributed by atoms with Crippen molar-refractivity contribution < 1.29 is 9.53 Å². The summed E-state index contributed by atoms with van der Waals surface area (Å²) < 4.78 is 5.51. The number of ether oxygens (including phenoxy) is 1. The van der Waals surface area contributed by atoms with Crippen LogP contribution in [0, 0.1) is 11.8 Å². The Hall–Kier alpha value is -4.40. The number of benzene rings is 3. The Morgan fingerprint density at radius 2 is 1.62 bits per heavy atom. The molecule has 1 heterocycles. The topological polar surface area (TPSA) is 108 Å². The van der Waals surface area contributed by atoms with E-state index in [0.29, 0.717) is 30.0 Å². The Morgan fingerprint density at radius 3 is 2.23 bits per heavy atom. The number of tetrazole rings is 1. The van der Waals surface area contributed by atoms with Gasteiger partial charge in [0.2, 0.25) is 5.82 Å². The lowest BCUT2D eigenvalue weighted by atomic mass is 9.97. The molecule has 2 amide bonds. The van der Waals surface area contributed by atoms with E-state index in [-0.39, 0.29) is 6.03 Å². The largest absolute Gasteiger partial charge is 0.494 e. The molecule has 0 fully saturated rings. The zero-order valence-electron chi connectivity index (χ0n) is 23.2. The van der Waals surface area contributed by atoms with Gasteiger partial charge in [0.1, 0.15) is 5.75 Å². The van der Waals surface area contributed by atoms with E-state index in [1.54, 1.807) is 0 Å². The van der Waals surface area contributed by atoms with E-state index in [4.69, 9.17) is 4.74 Å². The molecular weight excluding hydrogens is 490 g/mol. The Kier molecular flexibility index (Phi) is 9.14. The van der Waals surface area contributed by atoms with Gasteiger partial charge in [0.05, 0.1) is 18.0 Å². The Bertz CT molecular complexity index is 1340. The zero-order valence-corrected chi connectivity index (χ0v) is 23.2. The highest BCUT2D eigenvalue weighted by atomic mass is 16.5. The smallest absolute Gasteiger partial charge is 0.323 e. The van der Waals surface area contributed by atoms with Crippen LogP contribution in [-0.4, -0.2) is 46.4 Å². The van der Waals surface area contributed by atoms with E-state index in [1.807, 2.05) is 61.5 Å². The number of nitrogens with one attached hydrogen (secondary N) is 3. The van der Waals surface area contributed by atoms with Crippen LogP contribution in [0.2, 0.25) is 0 Å². The summed E-state index contributed by atoms with van der Waals surface area (Å²) in [7, 11) is 0. The van der Waals surface area contributed by atoms with Crippen molar-refractivity contribution in [2.24, 2.45) is 11.8 Å². The Morgan fingerprint density at radius 1 is 0.923 bits per heavy atom. The molecule has 4 rings (SSSR count). The molecule has 0 radical (unpaired) electrons. The molecular formula is C30H37N7O2. The second kappa shape index (κ2) is 12.9. The van der Waals surface area contributed by atoms with E-state index >= 15 is 0 Å². The normalized spacial score (nSPS) is 11.1. The molecule has 39 heavy (non-hydrogen) atoms. The fourth-order valence-corrected chi connectivity index (χ4v) is 4.52. The van der Waals surface area contributed by atoms with Crippen molar-refractivity contribution in [3.8, 4) is 28.3 Å². The lowest BCUT2D eigenvalue weighted by Crippen LogP contribution is -2.32. The summed E-state index contributed by atoms with van der Waals surface area (Å²) in [5, 5.41) is 20.7. The average molecular weight is 528 g/mol. The first-order valence-electron chi connectivity index (χ1n) is 13.4. The molecule has 3 N–H and O–H groups in total. The molecule has 4 aromatic rings. The van der Waals surface area contributed by atoms with Crippen LogP contribution < -0.4 is 20.3 Å². The van der Waals surface area contributed by atoms with Gasteiger partial charge in [-0.05, 0) is 71.5 Å². The molecule has 0 saturated heterocycles. The average Bonchev–Trinajstić information content (AvgIpc) is 3.44. The van der Waals surface area contributed by atoms with Crippen molar-refractivity contribution in [2.45, 2.75) is 34.6 Å². The summed E-state index contributed by atoms with van der Waals surface area (Å²) in [6, 6.07) is 21.1. The highest BCUT2D eigenvalue weighted by Crippen LogP contribution is 2.36. The number of hydrogen-bond donors (Lipinski definition) is 3. The number of amides is 2. The summed E-state index contributed by atoms with van der Waals surface area (Å²) in [4.78, 5) is 15.6. The van der Waals surface area contributed by atoms with Crippen molar-refractivity contribution in [1.82, 2.24) is 20.6 Å². The van der Waals surface area contributed by atoms with Gasteiger partial charge in [-0.1, -0.05) is 58.0 Å². The Labute approximate surface area is 230 Å². The molecule has 3 aromatic carbocycles. The molecule has 0 aliphatic heterocycles. The summed E-state index contributed by atoms with van der Waals surface area (Å²) >= 11 is 0. The molecule has 0 aliphatic rings. The maximum atomic E-state index is 13.2. The molecule has 0 spiro atoms. The number of carbonyl (C=O) groups excluding carboxylic acids is 1. The second-order valence-corrected chi connectivity index (χ2v) is 10.2. The van der Waals surface area contributed by atoms with E-state index in [9.17, 15) is 4.79 Å². The van der Waals surface area contributed by atoms with Gasteiger partial charge < -0.3 is 20.3 Å². The number of carbonyl (C=O) groups is 1. The Balaban J connectivity index is 1.70. The molecule has 1 aromatic heterocycles. The molecule has 204 valence electrons. The number of anilines is 3. The standard InChI is InChI=1S/C30H37N7O2/c1-6-39-24-14-12-23(13-15-24)31-30(38)32-27-17-22(11-16-28(27)37(18-20(2)3)19-21(4)5)25-9-7-8-10-26(25)29-33-35-36-34-29/h7-17,20-21H,6,18-19H2,1-5H3,(H2,31,32,38)(H,33,34,35,36). The number of aromatic amines is 1. The van der Waals surface area contributed by atoms with Gasteiger partial charge in [-0.2, -0.15) is 5.21 Å². The van der Waals surface area contributed by atoms with Crippen molar-refractivity contribution in [3.05, 3.63) is 66.7 Å². The van der Waals surface area contributed by atoms with Gasteiger partial charge in [-0.3, -0.25) is 0 Å². The van der Waals surface area contributed by atoms with Gasteiger partial charge in [0.25, 0.3) is 0 Å². The first-order chi connectivity index (χ1) is 18.8. The number of H-pyrrole nitrogens is 1.